The monoisotopic (exact) mass is 298 g/mol. The van der Waals surface area contributed by atoms with Gasteiger partial charge in [-0.05, 0) is 12.1 Å². The second kappa shape index (κ2) is 6.06. The maximum atomic E-state index is 11.9. The van der Waals surface area contributed by atoms with Gasteiger partial charge in [0.05, 0.1) is 4.92 Å². The number of nitro groups is 1. The third kappa shape index (κ3) is 2.83. The van der Waals surface area contributed by atoms with E-state index < -0.39 is 11.0 Å². The number of piperazine rings is 1. The van der Waals surface area contributed by atoms with Gasteiger partial charge in [-0.15, -0.1) is 0 Å². The van der Waals surface area contributed by atoms with Gasteiger partial charge in [0.1, 0.15) is 11.7 Å². The van der Waals surface area contributed by atoms with Gasteiger partial charge in [-0.1, -0.05) is 11.6 Å². The summed E-state index contributed by atoms with van der Waals surface area (Å²) in [6.45, 7) is 1.62. The first-order valence-corrected chi connectivity index (χ1v) is 6.55. The van der Waals surface area contributed by atoms with Gasteiger partial charge in [-0.25, -0.2) is 0 Å². The van der Waals surface area contributed by atoms with E-state index in [-0.39, 0.29) is 11.6 Å². The van der Waals surface area contributed by atoms with Crippen LogP contribution in [0.25, 0.3) is 0 Å². The molecule has 0 bridgehead atoms. The quantitative estimate of drug-likeness (QED) is 0.636. The van der Waals surface area contributed by atoms with E-state index in [0.717, 1.165) is 0 Å². The summed E-state index contributed by atoms with van der Waals surface area (Å²) >= 11 is 5.81. The fraction of sp³-hybridized carbons (Fsp3) is 0.417. The minimum atomic E-state index is -0.482. The number of halogens is 1. The molecule has 0 aliphatic carbocycles. The first-order chi connectivity index (χ1) is 9.54. The first kappa shape index (κ1) is 14.5. The topological polar surface area (TPSA) is 87.5 Å². The predicted molar refractivity (Wildman–Crippen MR) is 76.2 cm³/mol. The van der Waals surface area contributed by atoms with Crippen LogP contribution in [0.2, 0.25) is 5.02 Å². The van der Waals surface area contributed by atoms with Crippen molar-refractivity contribution in [2.45, 2.75) is 6.04 Å². The smallest absolute Gasteiger partial charge is 0.294 e. The average Bonchev–Trinajstić information content (AvgIpc) is 2.46. The molecular formula is C12H15ClN4O3. The maximum absolute atomic E-state index is 11.9. The number of anilines is 1. The number of carbonyl (C=O) groups excluding carboxylic acids is 1. The van der Waals surface area contributed by atoms with Gasteiger partial charge in [0.25, 0.3) is 5.69 Å². The SMILES string of the molecule is CNC(=O)C1CNCCN1c1ccc(Cl)cc1[N+](=O)[O-]. The van der Waals surface area contributed by atoms with Gasteiger partial charge in [-0.2, -0.15) is 0 Å². The van der Waals surface area contributed by atoms with Crippen LogP contribution in [0, 0.1) is 10.1 Å². The molecule has 1 aliphatic heterocycles. The predicted octanol–water partition coefficient (Wildman–Crippen LogP) is 0.772. The van der Waals surface area contributed by atoms with Crippen molar-refractivity contribution < 1.29 is 9.72 Å². The summed E-state index contributed by atoms with van der Waals surface area (Å²) in [7, 11) is 1.55. The molecule has 1 heterocycles. The lowest BCUT2D eigenvalue weighted by atomic mass is 10.1. The fourth-order valence-corrected chi connectivity index (χ4v) is 2.45. The molecule has 0 aromatic heterocycles. The molecule has 1 aliphatic rings. The van der Waals surface area contributed by atoms with Crippen molar-refractivity contribution in [3.8, 4) is 0 Å². The summed E-state index contributed by atoms with van der Waals surface area (Å²) in [6, 6.07) is 4.00. The number of rotatable bonds is 3. The van der Waals surface area contributed by atoms with Gasteiger partial charge in [0, 0.05) is 37.8 Å². The van der Waals surface area contributed by atoms with Crippen LogP contribution >= 0.6 is 11.6 Å². The van der Waals surface area contributed by atoms with Crippen LogP contribution in [0.5, 0.6) is 0 Å². The number of nitrogens with one attached hydrogen (secondary N) is 2. The Morgan fingerprint density at radius 3 is 3.00 bits per heavy atom. The molecule has 2 rings (SSSR count). The van der Waals surface area contributed by atoms with Crippen LogP contribution in [-0.2, 0) is 4.79 Å². The van der Waals surface area contributed by atoms with Gasteiger partial charge < -0.3 is 15.5 Å². The third-order valence-corrected chi connectivity index (χ3v) is 3.47. The highest BCUT2D eigenvalue weighted by atomic mass is 35.5. The Kier molecular flexibility index (Phi) is 4.41. The Bertz CT molecular complexity index is 537. The molecule has 2 N–H and O–H groups in total. The maximum Gasteiger partial charge on any atom is 0.294 e. The van der Waals surface area contributed by atoms with Crippen LogP contribution in [0.3, 0.4) is 0 Å². The molecule has 1 aromatic rings. The van der Waals surface area contributed by atoms with E-state index in [4.69, 9.17) is 11.6 Å². The molecule has 0 spiro atoms. The highest BCUT2D eigenvalue weighted by Crippen LogP contribution is 2.32. The largest absolute Gasteiger partial charge is 0.357 e. The molecule has 0 saturated carbocycles. The number of benzene rings is 1. The molecule has 1 amide bonds. The Labute approximate surface area is 121 Å². The van der Waals surface area contributed by atoms with Crippen molar-refractivity contribution in [1.29, 1.82) is 0 Å². The second-order valence-corrected chi connectivity index (χ2v) is 4.85. The molecule has 1 fully saturated rings. The van der Waals surface area contributed by atoms with Crippen LogP contribution < -0.4 is 15.5 Å². The third-order valence-electron chi connectivity index (χ3n) is 3.24. The average molecular weight is 299 g/mol. The minimum Gasteiger partial charge on any atom is -0.357 e. The molecule has 7 nitrogen and oxygen atoms in total. The normalized spacial score (nSPS) is 18.7. The summed E-state index contributed by atoms with van der Waals surface area (Å²) in [5.41, 5.74) is 0.322. The zero-order valence-electron chi connectivity index (χ0n) is 10.9. The van der Waals surface area contributed by atoms with Crippen molar-refractivity contribution in [3.05, 3.63) is 33.3 Å². The highest BCUT2D eigenvalue weighted by Gasteiger charge is 2.32. The summed E-state index contributed by atoms with van der Waals surface area (Å²) in [4.78, 5) is 24.3. The highest BCUT2D eigenvalue weighted by molar-refractivity contribution is 6.30. The standard InChI is InChI=1S/C12H15ClN4O3/c1-14-12(18)11-7-15-4-5-16(11)9-3-2-8(13)6-10(9)17(19)20/h2-3,6,11,15H,4-5,7H2,1H3,(H,14,18). The van der Waals surface area contributed by atoms with Crippen molar-refractivity contribution in [1.82, 2.24) is 10.6 Å². The molecule has 0 radical (unpaired) electrons. The Morgan fingerprint density at radius 1 is 1.60 bits per heavy atom. The summed E-state index contributed by atoms with van der Waals surface area (Å²) < 4.78 is 0. The van der Waals surface area contributed by atoms with Crippen molar-refractivity contribution in [3.63, 3.8) is 0 Å². The number of nitro benzene ring substituents is 1. The van der Waals surface area contributed by atoms with Crippen molar-refractivity contribution in [2.24, 2.45) is 0 Å². The van der Waals surface area contributed by atoms with Crippen molar-refractivity contribution >= 4 is 28.9 Å². The number of carbonyl (C=O) groups is 1. The molecule has 8 heteroatoms. The minimum absolute atomic E-state index is 0.0895. The number of hydrogen-bond donors (Lipinski definition) is 2. The van der Waals surface area contributed by atoms with E-state index in [9.17, 15) is 14.9 Å². The van der Waals surface area contributed by atoms with E-state index in [1.807, 2.05) is 0 Å². The van der Waals surface area contributed by atoms with Crippen LogP contribution in [0.1, 0.15) is 0 Å². The van der Waals surface area contributed by atoms with Gasteiger partial charge in [0.2, 0.25) is 5.91 Å². The molecule has 1 atom stereocenters. The zero-order valence-corrected chi connectivity index (χ0v) is 11.7. The van der Waals surface area contributed by atoms with Crippen LogP contribution in [0.4, 0.5) is 11.4 Å². The Morgan fingerprint density at radius 2 is 2.35 bits per heavy atom. The summed E-state index contributed by atoms with van der Waals surface area (Å²) in [6.07, 6.45) is 0. The zero-order chi connectivity index (χ0) is 14.7. The molecule has 1 saturated heterocycles. The van der Waals surface area contributed by atoms with E-state index in [1.165, 1.54) is 6.07 Å². The molecule has 20 heavy (non-hydrogen) atoms. The number of likely N-dealkylation sites (N-methyl/N-ethyl adjacent to an activating group) is 1. The fourth-order valence-electron chi connectivity index (χ4n) is 2.28. The molecule has 1 unspecified atom stereocenters. The summed E-state index contributed by atoms with van der Waals surface area (Å²) in [5.74, 6) is -0.179. The van der Waals surface area contributed by atoms with Crippen molar-refractivity contribution in [2.75, 3.05) is 31.6 Å². The van der Waals surface area contributed by atoms with E-state index in [0.29, 0.717) is 30.3 Å². The lowest BCUT2D eigenvalue weighted by molar-refractivity contribution is -0.384. The Balaban J connectivity index is 2.42. The lowest BCUT2D eigenvalue weighted by Crippen LogP contribution is -2.57. The van der Waals surface area contributed by atoms with Gasteiger partial charge in [0.15, 0.2) is 0 Å². The lowest BCUT2D eigenvalue weighted by Gasteiger charge is -2.36. The number of hydrogen-bond acceptors (Lipinski definition) is 5. The first-order valence-electron chi connectivity index (χ1n) is 6.17. The molecule has 108 valence electrons. The number of nitrogens with zero attached hydrogens (tertiary/aromatic N) is 2. The van der Waals surface area contributed by atoms with Crippen LogP contribution in [0.15, 0.2) is 18.2 Å². The Hall–Kier alpha value is -1.86. The molecule has 1 aromatic carbocycles. The van der Waals surface area contributed by atoms with E-state index in [1.54, 1.807) is 24.1 Å². The van der Waals surface area contributed by atoms with Gasteiger partial charge >= 0.3 is 0 Å². The molecular weight excluding hydrogens is 284 g/mol. The van der Waals surface area contributed by atoms with E-state index >= 15 is 0 Å². The van der Waals surface area contributed by atoms with E-state index in [2.05, 4.69) is 10.6 Å². The summed E-state index contributed by atoms with van der Waals surface area (Å²) in [5, 5.41) is 17.2. The number of amides is 1. The van der Waals surface area contributed by atoms with Gasteiger partial charge in [-0.3, -0.25) is 14.9 Å². The second-order valence-electron chi connectivity index (χ2n) is 4.42. The van der Waals surface area contributed by atoms with Crippen LogP contribution in [-0.4, -0.2) is 43.6 Å².